The van der Waals surface area contributed by atoms with Crippen LogP contribution in [0.3, 0.4) is 0 Å². The number of hydrogen-bond acceptors (Lipinski definition) is 7. The van der Waals surface area contributed by atoms with E-state index in [0.717, 1.165) is 11.5 Å². The van der Waals surface area contributed by atoms with E-state index in [1.54, 1.807) is 42.5 Å². The summed E-state index contributed by atoms with van der Waals surface area (Å²) in [5.74, 6) is 0.628. The molecule has 1 aliphatic rings. The van der Waals surface area contributed by atoms with Crippen molar-refractivity contribution in [2.45, 2.75) is 11.1 Å². The first-order valence-electron chi connectivity index (χ1n) is 9.41. The van der Waals surface area contributed by atoms with Gasteiger partial charge >= 0.3 is 0 Å². The van der Waals surface area contributed by atoms with Crippen molar-refractivity contribution in [1.29, 1.82) is 0 Å². The fraction of sp³-hybridized carbons (Fsp3) is 0.300. The number of hydrogen-bond donors (Lipinski definition) is 0. The highest BCUT2D eigenvalue weighted by molar-refractivity contribution is 7.89. The average molecular weight is 449 g/mol. The molecule has 158 valence electrons. The van der Waals surface area contributed by atoms with E-state index < -0.39 is 16.2 Å². The summed E-state index contributed by atoms with van der Waals surface area (Å²) in [6.45, 7) is 1.54. The van der Waals surface area contributed by atoms with Gasteiger partial charge in [-0.25, -0.2) is 12.8 Å². The van der Waals surface area contributed by atoms with Gasteiger partial charge in [-0.3, -0.25) is 0 Å². The number of ether oxygens (including phenoxy) is 1. The van der Waals surface area contributed by atoms with Gasteiger partial charge in [-0.05, 0) is 17.7 Å². The second-order valence-electron chi connectivity index (χ2n) is 6.78. The molecule has 3 aromatic rings. The van der Waals surface area contributed by atoms with Gasteiger partial charge in [-0.2, -0.15) is 13.7 Å². The van der Waals surface area contributed by atoms with Crippen LogP contribution in [-0.2, 0) is 10.0 Å². The molecule has 1 atom stereocenters. The van der Waals surface area contributed by atoms with E-state index in [4.69, 9.17) is 4.74 Å². The fourth-order valence-corrected chi connectivity index (χ4v) is 5.46. The molecule has 0 saturated carbocycles. The van der Waals surface area contributed by atoms with Crippen LogP contribution in [0.1, 0.15) is 17.6 Å². The molecule has 10 heteroatoms. The van der Waals surface area contributed by atoms with Crippen molar-refractivity contribution in [2.24, 2.45) is 0 Å². The Balaban J connectivity index is 1.43. The predicted molar refractivity (Wildman–Crippen MR) is 113 cm³/mol. The summed E-state index contributed by atoms with van der Waals surface area (Å²) in [4.78, 5) is 6.50. The first kappa shape index (κ1) is 20.7. The number of methoxy groups -OCH3 is 1. The number of alkyl halides is 1. The van der Waals surface area contributed by atoms with Crippen LogP contribution in [0.15, 0.2) is 59.5 Å². The van der Waals surface area contributed by atoms with Crippen molar-refractivity contribution in [3.63, 3.8) is 0 Å². The maximum absolute atomic E-state index is 14.7. The summed E-state index contributed by atoms with van der Waals surface area (Å²) in [6, 6.07) is 15.2. The Morgan fingerprint density at radius 3 is 2.50 bits per heavy atom. The minimum atomic E-state index is -3.61. The monoisotopic (exact) mass is 448 g/mol. The van der Waals surface area contributed by atoms with Gasteiger partial charge in [0, 0.05) is 43.8 Å². The van der Waals surface area contributed by atoms with Crippen LogP contribution in [0.25, 0.3) is 0 Å². The van der Waals surface area contributed by atoms with Gasteiger partial charge in [-0.1, -0.05) is 36.4 Å². The molecule has 0 radical (unpaired) electrons. The molecule has 0 aliphatic carbocycles. The summed E-state index contributed by atoms with van der Waals surface area (Å²) < 4.78 is 51.3. The first-order chi connectivity index (χ1) is 14.5. The lowest BCUT2D eigenvalue weighted by molar-refractivity contribution is 0.380. The topological polar surface area (TPSA) is 75.6 Å². The Labute approximate surface area is 179 Å². The molecule has 1 aliphatic heterocycles. The van der Waals surface area contributed by atoms with Crippen molar-refractivity contribution in [3.05, 3.63) is 66.0 Å². The molecule has 1 fully saturated rings. The van der Waals surface area contributed by atoms with Crippen LogP contribution in [0.2, 0.25) is 0 Å². The number of nitrogens with zero attached hydrogens (tertiary/aromatic N) is 4. The van der Waals surface area contributed by atoms with Crippen LogP contribution in [-0.4, -0.2) is 55.4 Å². The highest BCUT2D eigenvalue weighted by Crippen LogP contribution is 2.29. The third kappa shape index (κ3) is 4.16. The molecule has 1 saturated heterocycles. The normalized spacial score (nSPS) is 16.4. The molecule has 7 nitrogen and oxygen atoms in total. The minimum Gasteiger partial charge on any atom is -0.497 e. The van der Waals surface area contributed by atoms with Gasteiger partial charge in [-0.15, -0.1) is 0 Å². The van der Waals surface area contributed by atoms with Crippen LogP contribution in [0, 0.1) is 0 Å². The Hall–Kier alpha value is -2.56. The Bertz CT molecular complexity index is 1100. The molecule has 1 aromatic heterocycles. The van der Waals surface area contributed by atoms with E-state index in [2.05, 4.69) is 9.36 Å². The van der Waals surface area contributed by atoms with Crippen molar-refractivity contribution in [1.82, 2.24) is 13.7 Å². The number of benzene rings is 2. The van der Waals surface area contributed by atoms with Gasteiger partial charge < -0.3 is 9.64 Å². The number of sulfonamides is 1. The van der Waals surface area contributed by atoms with Gasteiger partial charge in [0.2, 0.25) is 15.2 Å². The Kier molecular flexibility index (Phi) is 5.98. The second-order valence-corrected chi connectivity index (χ2v) is 9.45. The second kappa shape index (κ2) is 8.66. The van der Waals surface area contributed by atoms with Crippen molar-refractivity contribution in [2.75, 3.05) is 38.2 Å². The van der Waals surface area contributed by atoms with Crippen LogP contribution in [0.4, 0.5) is 9.52 Å². The van der Waals surface area contributed by atoms with E-state index in [0.29, 0.717) is 42.6 Å². The zero-order valence-corrected chi connectivity index (χ0v) is 17.9. The standard InChI is InChI=1S/C20H21FN4O3S2/c1-28-16-8-5-9-17(14-16)30(26,27)25-12-10-24(11-13-25)20-22-19(23-29-20)18(21)15-6-3-2-4-7-15/h2-9,14,18H,10-13H2,1H3. The predicted octanol–water partition coefficient (Wildman–Crippen LogP) is 3.12. The van der Waals surface area contributed by atoms with Gasteiger partial charge in [0.15, 0.2) is 12.0 Å². The Morgan fingerprint density at radius 1 is 1.07 bits per heavy atom. The van der Waals surface area contributed by atoms with Crippen LogP contribution in [0.5, 0.6) is 5.75 Å². The molecular formula is C20H21FN4O3S2. The molecule has 4 rings (SSSR count). The zero-order chi connectivity index (χ0) is 21.1. The fourth-order valence-electron chi connectivity index (χ4n) is 3.26. The van der Waals surface area contributed by atoms with E-state index >= 15 is 0 Å². The van der Waals surface area contributed by atoms with E-state index in [1.165, 1.54) is 17.5 Å². The molecule has 30 heavy (non-hydrogen) atoms. The quantitative estimate of drug-likeness (QED) is 0.577. The van der Waals surface area contributed by atoms with Crippen molar-refractivity contribution < 1.29 is 17.5 Å². The summed E-state index contributed by atoms with van der Waals surface area (Å²) in [6.07, 6.45) is -1.38. The number of halogens is 1. The first-order valence-corrected chi connectivity index (χ1v) is 11.6. The lowest BCUT2D eigenvalue weighted by Gasteiger charge is -2.33. The molecule has 0 N–H and O–H groups in total. The highest BCUT2D eigenvalue weighted by Gasteiger charge is 2.30. The van der Waals surface area contributed by atoms with Gasteiger partial charge in [0.25, 0.3) is 0 Å². The average Bonchev–Trinajstić information content (AvgIpc) is 3.29. The smallest absolute Gasteiger partial charge is 0.243 e. The van der Waals surface area contributed by atoms with Crippen LogP contribution >= 0.6 is 11.5 Å². The molecule has 2 heterocycles. The number of rotatable bonds is 6. The Morgan fingerprint density at radius 2 is 1.80 bits per heavy atom. The number of piperazine rings is 1. The minimum absolute atomic E-state index is 0.132. The lowest BCUT2D eigenvalue weighted by atomic mass is 10.1. The van der Waals surface area contributed by atoms with Gasteiger partial charge in [0.1, 0.15) is 5.75 Å². The summed E-state index contributed by atoms with van der Waals surface area (Å²) in [5, 5.41) is 0.599. The largest absolute Gasteiger partial charge is 0.497 e. The maximum atomic E-state index is 14.7. The zero-order valence-electron chi connectivity index (χ0n) is 16.3. The molecule has 0 spiro atoms. The summed E-state index contributed by atoms with van der Waals surface area (Å²) in [5.41, 5.74) is 0.510. The van der Waals surface area contributed by atoms with E-state index in [1.807, 2.05) is 11.0 Å². The van der Waals surface area contributed by atoms with Crippen molar-refractivity contribution >= 4 is 26.7 Å². The SMILES string of the molecule is COc1cccc(S(=O)(=O)N2CCN(c3nc(C(F)c4ccccc4)ns3)CC2)c1. The third-order valence-corrected chi connectivity index (χ3v) is 7.62. The van der Waals surface area contributed by atoms with E-state index in [9.17, 15) is 12.8 Å². The number of aromatic nitrogens is 2. The maximum Gasteiger partial charge on any atom is 0.243 e. The molecule has 1 unspecified atom stereocenters. The van der Waals surface area contributed by atoms with E-state index in [-0.39, 0.29) is 10.7 Å². The molecular weight excluding hydrogens is 427 g/mol. The molecule has 0 bridgehead atoms. The molecule has 2 aromatic carbocycles. The summed E-state index contributed by atoms with van der Waals surface area (Å²) in [7, 11) is -2.11. The van der Waals surface area contributed by atoms with Crippen molar-refractivity contribution in [3.8, 4) is 5.75 Å². The highest BCUT2D eigenvalue weighted by atomic mass is 32.2. The summed E-state index contributed by atoms with van der Waals surface area (Å²) >= 11 is 1.13. The number of anilines is 1. The van der Waals surface area contributed by atoms with Crippen LogP contribution < -0.4 is 9.64 Å². The lowest BCUT2D eigenvalue weighted by Crippen LogP contribution is -2.48. The van der Waals surface area contributed by atoms with Gasteiger partial charge in [0.05, 0.1) is 12.0 Å². The third-order valence-electron chi connectivity index (χ3n) is 4.94. The molecule has 0 amide bonds.